The van der Waals surface area contributed by atoms with Crippen molar-refractivity contribution in [3.63, 3.8) is 0 Å². The summed E-state index contributed by atoms with van der Waals surface area (Å²) in [5, 5.41) is 0. The molecule has 2 amide bonds. The van der Waals surface area contributed by atoms with Crippen LogP contribution in [0.4, 0.5) is 8.78 Å². The molecule has 5 rings (SSSR count). The summed E-state index contributed by atoms with van der Waals surface area (Å²) in [6.45, 7) is 0. The first kappa shape index (κ1) is 18.2. The standard InChI is InChI=1S/C20H24F2N2O3/c1-27-15-3-2-14(21)17(18(15)22)19(26)24-23-16(25)10-20-7-11-4-12(8-20)6-13(5-11)9-20/h2-3,11-13H,4-10H2,1H3,(H,23,25)(H,24,26). The van der Waals surface area contributed by atoms with Crippen molar-refractivity contribution in [2.24, 2.45) is 23.2 Å². The van der Waals surface area contributed by atoms with Crippen molar-refractivity contribution in [2.75, 3.05) is 7.11 Å². The minimum absolute atomic E-state index is 0.0238. The van der Waals surface area contributed by atoms with E-state index in [1.54, 1.807) is 0 Å². The Morgan fingerprint density at radius 2 is 1.67 bits per heavy atom. The van der Waals surface area contributed by atoms with E-state index in [1.165, 1.54) is 26.4 Å². The van der Waals surface area contributed by atoms with Crippen molar-refractivity contribution >= 4 is 11.8 Å². The second-order valence-corrected chi connectivity index (χ2v) is 8.54. The highest BCUT2D eigenvalue weighted by Crippen LogP contribution is 2.61. The summed E-state index contributed by atoms with van der Waals surface area (Å²) in [6.07, 6.45) is 7.41. The van der Waals surface area contributed by atoms with Gasteiger partial charge in [0.2, 0.25) is 5.91 Å². The lowest BCUT2D eigenvalue weighted by molar-refractivity contribution is -0.130. The highest BCUT2D eigenvalue weighted by molar-refractivity contribution is 5.96. The molecular formula is C20H24F2N2O3. The van der Waals surface area contributed by atoms with E-state index in [0.717, 1.165) is 49.1 Å². The lowest BCUT2D eigenvalue weighted by Crippen LogP contribution is -2.50. The van der Waals surface area contributed by atoms with Gasteiger partial charge in [-0.05, 0) is 73.8 Å². The van der Waals surface area contributed by atoms with Crippen LogP contribution in [0.15, 0.2) is 12.1 Å². The number of carbonyl (C=O) groups is 2. The molecule has 146 valence electrons. The Hall–Kier alpha value is -2.18. The number of hydrazine groups is 1. The number of ether oxygens (including phenoxy) is 1. The van der Waals surface area contributed by atoms with Gasteiger partial charge in [-0.15, -0.1) is 0 Å². The van der Waals surface area contributed by atoms with Gasteiger partial charge in [-0.25, -0.2) is 8.78 Å². The van der Waals surface area contributed by atoms with Gasteiger partial charge in [-0.1, -0.05) is 0 Å². The molecule has 27 heavy (non-hydrogen) atoms. The molecule has 7 heteroatoms. The molecular weight excluding hydrogens is 354 g/mol. The summed E-state index contributed by atoms with van der Waals surface area (Å²) in [5.74, 6) is -1.53. The van der Waals surface area contributed by atoms with Crippen LogP contribution in [0.5, 0.6) is 5.75 Å². The minimum Gasteiger partial charge on any atom is -0.494 e. The number of rotatable bonds is 4. The number of nitrogens with one attached hydrogen (secondary N) is 2. The molecule has 2 N–H and O–H groups in total. The summed E-state index contributed by atoms with van der Waals surface area (Å²) in [7, 11) is 1.23. The fourth-order valence-electron chi connectivity index (χ4n) is 5.98. The van der Waals surface area contributed by atoms with Crippen LogP contribution in [0.3, 0.4) is 0 Å². The summed E-state index contributed by atoms with van der Waals surface area (Å²) >= 11 is 0. The topological polar surface area (TPSA) is 67.4 Å². The van der Waals surface area contributed by atoms with Crippen LogP contribution in [0.2, 0.25) is 0 Å². The fraction of sp³-hybridized carbons (Fsp3) is 0.600. The van der Waals surface area contributed by atoms with Crippen LogP contribution in [-0.2, 0) is 4.79 Å². The summed E-state index contributed by atoms with van der Waals surface area (Å²) < 4.78 is 32.8. The number of carbonyl (C=O) groups excluding carboxylic acids is 2. The van der Waals surface area contributed by atoms with Gasteiger partial charge in [0.05, 0.1) is 7.11 Å². The monoisotopic (exact) mass is 378 g/mol. The molecule has 0 heterocycles. The van der Waals surface area contributed by atoms with Gasteiger partial charge in [0.1, 0.15) is 11.4 Å². The number of hydrogen-bond donors (Lipinski definition) is 2. The Balaban J connectivity index is 1.38. The molecule has 0 unspecified atom stereocenters. The van der Waals surface area contributed by atoms with Crippen molar-refractivity contribution in [3.05, 3.63) is 29.3 Å². The van der Waals surface area contributed by atoms with Crippen molar-refractivity contribution in [2.45, 2.75) is 44.9 Å². The van der Waals surface area contributed by atoms with E-state index < -0.39 is 23.1 Å². The van der Waals surface area contributed by atoms with Crippen LogP contribution >= 0.6 is 0 Å². The first-order valence-electron chi connectivity index (χ1n) is 9.50. The van der Waals surface area contributed by atoms with E-state index in [4.69, 9.17) is 4.74 Å². The molecule has 4 saturated carbocycles. The van der Waals surface area contributed by atoms with Gasteiger partial charge in [-0.3, -0.25) is 20.4 Å². The summed E-state index contributed by atoms with van der Waals surface area (Å²) in [4.78, 5) is 24.6. The third kappa shape index (κ3) is 3.39. The summed E-state index contributed by atoms with van der Waals surface area (Å²) in [6, 6.07) is 2.06. The normalized spacial score (nSPS) is 30.9. The Kier molecular flexibility index (Phi) is 4.56. The smallest absolute Gasteiger partial charge is 0.275 e. The van der Waals surface area contributed by atoms with Gasteiger partial charge in [0, 0.05) is 6.42 Å². The molecule has 4 aliphatic carbocycles. The lowest BCUT2D eigenvalue weighted by Gasteiger charge is -2.56. The number of methoxy groups -OCH3 is 1. The van der Waals surface area contributed by atoms with Gasteiger partial charge < -0.3 is 4.74 Å². The molecule has 1 aromatic carbocycles. The number of amides is 2. The first-order valence-corrected chi connectivity index (χ1v) is 9.50. The van der Waals surface area contributed by atoms with Crippen LogP contribution in [0.1, 0.15) is 55.3 Å². The van der Waals surface area contributed by atoms with Crippen LogP contribution in [0.25, 0.3) is 0 Å². The molecule has 0 atom stereocenters. The Labute approximate surface area is 156 Å². The summed E-state index contributed by atoms with van der Waals surface area (Å²) in [5.41, 5.74) is 3.73. The number of benzene rings is 1. The Morgan fingerprint density at radius 1 is 1.07 bits per heavy atom. The molecule has 5 nitrogen and oxygen atoms in total. The maximum Gasteiger partial charge on any atom is 0.275 e. The van der Waals surface area contributed by atoms with E-state index >= 15 is 0 Å². The zero-order chi connectivity index (χ0) is 19.2. The second-order valence-electron chi connectivity index (χ2n) is 8.54. The van der Waals surface area contributed by atoms with Crippen molar-refractivity contribution < 1.29 is 23.1 Å². The zero-order valence-corrected chi connectivity index (χ0v) is 15.3. The van der Waals surface area contributed by atoms with Gasteiger partial charge in [0.25, 0.3) is 5.91 Å². The Bertz CT molecular complexity index is 745. The predicted molar refractivity (Wildman–Crippen MR) is 93.7 cm³/mol. The first-order chi connectivity index (χ1) is 12.9. The van der Waals surface area contributed by atoms with E-state index in [-0.39, 0.29) is 17.1 Å². The van der Waals surface area contributed by atoms with E-state index in [0.29, 0.717) is 6.42 Å². The Morgan fingerprint density at radius 3 is 2.22 bits per heavy atom. The molecule has 1 aromatic rings. The zero-order valence-electron chi connectivity index (χ0n) is 15.3. The van der Waals surface area contributed by atoms with E-state index in [1.807, 2.05) is 0 Å². The molecule has 4 aliphatic rings. The van der Waals surface area contributed by atoms with E-state index in [9.17, 15) is 18.4 Å². The minimum atomic E-state index is -1.09. The molecule has 0 spiro atoms. The van der Waals surface area contributed by atoms with Crippen molar-refractivity contribution in [1.82, 2.24) is 10.9 Å². The maximum absolute atomic E-state index is 14.2. The third-order valence-corrected chi connectivity index (χ3v) is 6.52. The van der Waals surface area contributed by atoms with Crippen LogP contribution in [0, 0.1) is 34.8 Å². The molecule has 4 fully saturated rings. The van der Waals surface area contributed by atoms with Crippen LogP contribution < -0.4 is 15.6 Å². The quantitative estimate of drug-likeness (QED) is 0.790. The van der Waals surface area contributed by atoms with Gasteiger partial charge in [0.15, 0.2) is 11.6 Å². The average Bonchev–Trinajstić information content (AvgIpc) is 2.58. The molecule has 4 bridgehead atoms. The SMILES string of the molecule is COc1ccc(F)c(C(=O)NNC(=O)CC23CC4CC(CC(C4)C2)C3)c1F. The predicted octanol–water partition coefficient (Wildman–Crippen LogP) is 3.34. The largest absolute Gasteiger partial charge is 0.494 e. The molecule has 0 aromatic heterocycles. The van der Waals surface area contributed by atoms with Gasteiger partial charge >= 0.3 is 0 Å². The average molecular weight is 378 g/mol. The number of halogens is 2. The second kappa shape index (κ2) is 6.77. The van der Waals surface area contributed by atoms with Crippen LogP contribution in [-0.4, -0.2) is 18.9 Å². The fourth-order valence-corrected chi connectivity index (χ4v) is 5.98. The number of hydrogen-bond acceptors (Lipinski definition) is 3. The van der Waals surface area contributed by atoms with E-state index in [2.05, 4.69) is 10.9 Å². The van der Waals surface area contributed by atoms with Gasteiger partial charge in [-0.2, -0.15) is 0 Å². The van der Waals surface area contributed by atoms with Crippen molar-refractivity contribution in [1.29, 1.82) is 0 Å². The third-order valence-electron chi connectivity index (χ3n) is 6.52. The maximum atomic E-state index is 14.2. The highest BCUT2D eigenvalue weighted by atomic mass is 19.1. The highest BCUT2D eigenvalue weighted by Gasteiger charge is 2.51. The molecule has 0 aliphatic heterocycles. The molecule has 0 radical (unpaired) electrons. The molecule has 0 saturated heterocycles. The lowest BCUT2D eigenvalue weighted by atomic mass is 9.49. The van der Waals surface area contributed by atoms with Crippen molar-refractivity contribution in [3.8, 4) is 5.75 Å².